The number of ether oxygens (including phenoxy) is 1. The first-order valence-electron chi connectivity index (χ1n) is 9.52. The van der Waals surface area contributed by atoms with Crippen LogP contribution in [0, 0.1) is 0 Å². The quantitative estimate of drug-likeness (QED) is 0.784. The van der Waals surface area contributed by atoms with Crippen LogP contribution in [0.15, 0.2) is 48.5 Å². The van der Waals surface area contributed by atoms with Crippen LogP contribution in [0.1, 0.15) is 70.6 Å². The highest BCUT2D eigenvalue weighted by Crippen LogP contribution is 2.47. The number of benzene rings is 2. The molecule has 1 N–H and O–H groups in total. The molecule has 3 atom stereocenters. The van der Waals surface area contributed by atoms with Crippen molar-refractivity contribution >= 4 is 0 Å². The zero-order valence-corrected chi connectivity index (χ0v) is 16.7. The van der Waals surface area contributed by atoms with Crippen molar-refractivity contribution in [3.05, 3.63) is 65.2 Å². The number of nitrogens with zero attached hydrogens (tertiary/aromatic N) is 1. The van der Waals surface area contributed by atoms with Crippen LogP contribution in [0.4, 0.5) is 0 Å². The molecule has 1 aliphatic rings. The zero-order valence-electron chi connectivity index (χ0n) is 16.7. The fourth-order valence-corrected chi connectivity index (χ4v) is 4.03. The number of phenols is 1. The molecule has 3 nitrogen and oxygen atoms in total. The van der Waals surface area contributed by atoms with Crippen molar-refractivity contribution < 1.29 is 9.84 Å². The lowest BCUT2D eigenvalue weighted by molar-refractivity contribution is -0.0139. The Morgan fingerprint density at radius 2 is 1.65 bits per heavy atom. The van der Waals surface area contributed by atoms with E-state index in [1.54, 1.807) is 0 Å². The van der Waals surface area contributed by atoms with E-state index in [0.29, 0.717) is 11.8 Å². The third-order valence-corrected chi connectivity index (χ3v) is 5.32. The number of para-hydroxylation sites is 1. The predicted molar refractivity (Wildman–Crippen MR) is 106 cm³/mol. The maximum absolute atomic E-state index is 11.0. The molecule has 1 fully saturated rings. The van der Waals surface area contributed by atoms with Crippen molar-refractivity contribution in [2.75, 3.05) is 0 Å². The normalized spacial score (nSPS) is 24.3. The Balaban J connectivity index is 2.04. The Morgan fingerprint density at radius 1 is 1.00 bits per heavy atom. The number of phenolic OH excluding ortho intramolecular Hbond substituents is 1. The van der Waals surface area contributed by atoms with Crippen LogP contribution in [0.3, 0.4) is 0 Å². The monoisotopic (exact) mass is 353 g/mol. The number of hydrogen-bond donors (Lipinski definition) is 1. The van der Waals surface area contributed by atoms with E-state index < -0.39 is 0 Å². The number of aromatic hydroxyl groups is 1. The Hall–Kier alpha value is -1.84. The summed E-state index contributed by atoms with van der Waals surface area (Å²) in [6.45, 7) is 12.9. The summed E-state index contributed by atoms with van der Waals surface area (Å²) < 4.78 is 6.53. The van der Waals surface area contributed by atoms with Gasteiger partial charge < -0.3 is 9.84 Å². The second-order valence-corrected chi connectivity index (χ2v) is 8.59. The van der Waals surface area contributed by atoms with Crippen molar-refractivity contribution in [2.24, 2.45) is 0 Å². The van der Waals surface area contributed by atoms with Gasteiger partial charge in [0.05, 0.1) is 0 Å². The third kappa shape index (κ3) is 3.38. The van der Waals surface area contributed by atoms with E-state index in [4.69, 9.17) is 4.74 Å². The van der Waals surface area contributed by atoms with Crippen LogP contribution in [-0.4, -0.2) is 22.1 Å². The minimum absolute atomic E-state index is 0.0127. The van der Waals surface area contributed by atoms with Crippen LogP contribution in [-0.2, 0) is 10.2 Å². The van der Waals surface area contributed by atoms with Gasteiger partial charge in [-0.2, -0.15) is 0 Å². The highest BCUT2D eigenvalue weighted by Gasteiger charge is 2.43. The molecule has 1 aliphatic heterocycles. The molecule has 0 saturated carbocycles. The minimum Gasteiger partial charge on any atom is -0.507 e. The molecule has 26 heavy (non-hydrogen) atoms. The molecule has 0 aromatic heterocycles. The van der Waals surface area contributed by atoms with Crippen molar-refractivity contribution in [3.8, 4) is 5.75 Å². The highest BCUT2D eigenvalue weighted by atomic mass is 16.5. The lowest BCUT2D eigenvalue weighted by Gasteiger charge is -2.32. The number of rotatable bonds is 3. The summed E-state index contributed by atoms with van der Waals surface area (Å²) in [6, 6.07) is 16.9. The molecule has 0 bridgehead atoms. The van der Waals surface area contributed by atoms with Crippen molar-refractivity contribution in [3.63, 3.8) is 0 Å². The molecule has 0 radical (unpaired) electrons. The van der Waals surface area contributed by atoms with Crippen LogP contribution in [0.25, 0.3) is 0 Å². The first-order chi connectivity index (χ1) is 12.2. The standard InChI is InChI=1S/C23H31NO2/c1-15(2)24-16(3)21(17-11-8-7-9-12-17)26-22(24)18-13-10-14-19(20(18)25)23(4,5)6/h7-16,21-22,25H,1-6H3/t16-,21-,22?/m1/s1. The molecule has 1 unspecified atom stereocenters. The van der Waals surface area contributed by atoms with Crippen LogP contribution in [0.2, 0.25) is 0 Å². The van der Waals surface area contributed by atoms with Gasteiger partial charge in [-0.15, -0.1) is 0 Å². The van der Waals surface area contributed by atoms with E-state index >= 15 is 0 Å². The van der Waals surface area contributed by atoms with E-state index in [-0.39, 0.29) is 23.8 Å². The Bertz CT molecular complexity index is 749. The second kappa shape index (κ2) is 7.05. The van der Waals surface area contributed by atoms with Gasteiger partial charge in [-0.3, -0.25) is 4.90 Å². The van der Waals surface area contributed by atoms with Crippen molar-refractivity contribution in [1.29, 1.82) is 0 Å². The molecule has 1 saturated heterocycles. The molecule has 1 heterocycles. The van der Waals surface area contributed by atoms with Crippen LogP contribution >= 0.6 is 0 Å². The van der Waals surface area contributed by atoms with Gasteiger partial charge >= 0.3 is 0 Å². The zero-order chi connectivity index (χ0) is 19.1. The van der Waals surface area contributed by atoms with Crippen LogP contribution < -0.4 is 0 Å². The van der Waals surface area contributed by atoms with Gasteiger partial charge in [0, 0.05) is 17.6 Å². The van der Waals surface area contributed by atoms with Crippen LogP contribution in [0.5, 0.6) is 5.75 Å². The Morgan fingerprint density at radius 3 is 2.23 bits per heavy atom. The Kier molecular flexibility index (Phi) is 5.14. The summed E-state index contributed by atoms with van der Waals surface area (Å²) in [5, 5.41) is 11.0. The molecule has 3 heteroatoms. The van der Waals surface area contributed by atoms with E-state index in [0.717, 1.165) is 11.1 Å². The lowest BCUT2D eigenvalue weighted by Crippen LogP contribution is -2.37. The van der Waals surface area contributed by atoms with E-state index in [1.807, 2.05) is 24.3 Å². The number of hydrogen-bond acceptors (Lipinski definition) is 3. The third-order valence-electron chi connectivity index (χ3n) is 5.32. The first-order valence-corrected chi connectivity index (χ1v) is 9.52. The molecule has 140 valence electrons. The lowest BCUT2D eigenvalue weighted by atomic mass is 9.85. The topological polar surface area (TPSA) is 32.7 Å². The van der Waals surface area contributed by atoms with Gasteiger partial charge in [-0.05, 0) is 37.3 Å². The average molecular weight is 354 g/mol. The Labute approximate surface area is 157 Å². The molecular weight excluding hydrogens is 322 g/mol. The fourth-order valence-electron chi connectivity index (χ4n) is 4.03. The molecular formula is C23H31NO2. The molecule has 3 rings (SSSR count). The summed E-state index contributed by atoms with van der Waals surface area (Å²) in [4.78, 5) is 2.36. The largest absolute Gasteiger partial charge is 0.507 e. The van der Waals surface area contributed by atoms with E-state index in [1.165, 1.54) is 5.56 Å². The van der Waals surface area contributed by atoms with Crippen molar-refractivity contribution in [2.45, 2.75) is 71.4 Å². The maximum atomic E-state index is 11.0. The smallest absolute Gasteiger partial charge is 0.141 e. The molecule has 2 aromatic rings. The molecule has 2 aromatic carbocycles. The highest BCUT2D eigenvalue weighted by molar-refractivity contribution is 5.45. The fraction of sp³-hybridized carbons (Fsp3) is 0.478. The average Bonchev–Trinajstić information content (AvgIpc) is 2.92. The van der Waals surface area contributed by atoms with Gasteiger partial charge in [0.2, 0.25) is 0 Å². The van der Waals surface area contributed by atoms with E-state index in [2.05, 4.69) is 70.7 Å². The van der Waals surface area contributed by atoms with E-state index in [9.17, 15) is 5.11 Å². The summed E-state index contributed by atoms with van der Waals surface area (Å²) in [5.74, 6) is 0.358. The van der Waals surface area contributed by atoms with Gasteiger partial charge in [-0.25, -0.2) is 0 Å². The summed E-state index contributed by atoms with van der Waals surface area (Å²) in [5.41, 5.74) is 2.88. The van der Waals surface area contributed by atoms with Gasteiger partial charge in [0.15, 0.2) is 0 Å². The van der Waals surface area contributed by atoms with Gasteiger partial charge in [-0.1, -0.05) is 69.3 Å². The minimum atomic E-state index is -0.252. The summed E-state index contributed by atoms with van der Waals surface area (Å²) >= 11 is 0. The maximum Gasteiger partial charge on any atom is 0.141 e. The summed E-state index contributed by atoms with van der Waals surface area (Å²) in [7, 11) is 0. The van der Waals surface area contributed by atoms with Crippen molar-refractivity contribution in [1.82, 2.24) is 4.90 Å². The molecule has 0 amide bonds. The SMILES string of the molecule is CC(C)N1C(c2cccc(C(C)(C)C)c2O)O[C@@H](c2ccccc2)[C@H]1C. The predicted octanol–water partition coefficient (Wildman–Crippen LogP) is 5.56. The first kappa shape index (κ1) is 18.9. The molecule has 0 spiro atoms. The molecule has 0 aliphatic carbocycles. The second-order valence-electron chi connectivity index (χ2n) is 8.59. The van der Waals surface area contributed by atoms with Gasteiger partial charge in [0.1, 0.15) is 18.1 Å². The summed E-state index contributed by atoms with van der Waals surface area (Å²) in [6.07, 6.45) is -0.265. The van der Waals surface area contributed by atoms with Gasteiger partial charge in [0.25, 0.3) is 0 Å².